The molecule has 0 saturated carbocycles. The van der Waals surface area contributed by atoms with E-state index in [1.807, 2.05) is 35.1 Å². The Labute approximate surface area is 145 Å². The molecule has 1 aromatic heterocycles. The topological polar surface area (TPSA) is 93.1 Å². The number of hydrogen-bond donors (Lipinski definition) is 2. The number of anilines is 1. The summed E-state index contributed by atoms with van der Waals surface area (Å²) in [5, 5.41) is 6.64. The number of rotatable bonds is 4. The third-order valence-electron chi connectivity index (χ3n) is 3.50. The number of hydrogen-bond acceptors (Lipinski definition) is 4. The molecule has 0 radical (unpaired) electrons. The number of para-hydroxylation sites is 1. The fraction of sp³-hybridized carbons (Fsp3) is 0.0588. The quantitative estimate of drug-likeness (QED) is 0.752. The molecule has 3 rings (SSSR count). The summed E-state index contributed by atoms with van der Waals surface area (Å²) >= 11 is 0. The molecule has 0 fully saturated rings. The third-order valence-corrected chi connectivity index (χ3v) is 4.99. The molecule has 3 aromatic rings. The van der Waals surface area contributed by atoms with E-state index < -0.39 is 16.1 Å². The zero-order valence-electron chi connectivity index (χ0n) is 13.4. The molecule has 8 heteroatoms. The highest BCUT2D eigenvalue weighted by molar-refractivity contribution is 7.90. The fourth-order valence-corrected chi connectivity index (χ4v) is 3.50. The second-order valence-corrected chi connectivity index (χ2v) is 6.94. The lowest BCUT2D eigenvalue weighted by Crippen LogP contribution is -2.35. The average Bonchev–Trinajstić information content (AvgIpc) is 3.03. The van der Waals surface area contributed by atoms with E-state index in [1.54, 1.807) is 31.2 Å². The van der Waals surface area contributed by atoms with Crippen LogP contribution in [0.15, 0.2) is 71.8 Å². The number of nitrogens with one attached hydrogen (secondary N) is 2. The Morgan fingerprint density at radius 3 is 2.40 bits per heavy atom. The van der Waals surface area contributed by atoms with Crippen LogP contribution in [0.25, 0.3) is 5.69 Å². The molecule has 0 unspecified atom stereocenters. The van der Waals surface area contributed by atoms with Gasteiger partial charge in [0, 0.05) is 6.07 Å². The summed E-state index contributed by atoms with van der Waals surface area (Å²) in [6.45, 7) is 1.66. The number of benzene rings is 2. The molecule has 7 nitrogen and oxygen atoms in total. The number of aryl methyl sites for hydroxylation is 1. The van der Waals surface area contributed by atoms with Gasteiger partial charge in [0.05, 0.1) is 16.8 Å². The van der Waals surface area contributed by atoms with E-state index in [1.165, 1.54) is 16.9 Å². The SMILES string of the molecule is Cc1ccccc1S(=O)(=O)NC(=O)Nc1ccnn1-c1ccccc1. The van der Waals surface area contributed by atoms with Crippen molar-refractivity contribution in [1.29, 1.82) is 0 Å². The first-order chi connectivity index (χ1) is 12.0. The van der Waals surface area contributed by atoms with Crippen molar-refractivity contribution in [3.05, 3.63) is 72.4 Å². The smallest absolute Gasteiger partial charge is 0.291 e. The van der Waals surface area contributed by atoms with Crippen molar-refractivity contribution in [2.45, 2.75) is 11.8 Å². The lowest BCUT2D eigenvalue weighted by atomic mass is 10.2. The van der Waals surface area contributed by atoms with Crippen LogP contribution in [0.3, 0.4) is 0 Å². The van der Waals surface area contributed by atoms with Gasteiger partial charge in [0.15, 0.2) is 0 Å². The average molecular weight is 356 g/mol. The summed E-state index contributed by atoms with van der Waals surface area (Å²) in [6, 6.07) is 16.3. The first-order valence-corrected chi connectivity index (χ1v) is 8.94. The number of amides is 2. The highest BCUT2D eigenvalue weighted by Crippen LogP contribution is 2.16. The Hall–Kier alpha value is -3.13. The molecule has 2 aromatic carbocycles. The first-order valence-electron chi connectivity index (χ1n) is 7.46. The van der Waals surface area contributed by atoms with Gasteiger partial charge in [0.2, 0.25) is 0 Å². The monoisotopic (exact) mass is 356 g/mol. The maximum Gasteiger partial charge on any atom is 0.334 e. The van der Waals surface area contributed by atoms with Crippen molar-refractivity contribution in [1.82, 2.24) is 14.5 Å². The number of carbonyl (C=O) groups excluding carboxylic acids is 1. The lowest BCUT2D eigenvalue weighted by molar-refractivity contribution is 0.256. The van der Waals surface area contributed by atoms with E-state index in [2.05, 4.69) is 10.4 Å². The molecule has 25 heavy (non-hydrogen) atoms. The van der Waals surface area contributed by atoms with E-state index in [9.17, 15) is 13.2 Å². The van der Waals surface area contributed by atoms with Gasteiger partial charge >= 0.3 is 6.03 Å². The van der Waals surface area contributed by atoms with Crippen LogP contribution >= 0.6 is 0 Å². The van der Waals surface area contributed by atoms with Gasteiger partial charge in [-0.25, -0.2) is 22.6 Å². The van der Waals surface area contributed by atoms with Crippen molar-refractivity contribution < 1.29 is 13.2 Å². The molecule has 2 amide bonds. The third kappa shape index (κ3) is 3.69. The van der Waals surface area contributed by atoms with Crippen LogP contribution in [0.2, 0.25) is 0 Å². The van der Waals surface area contributed by atoms with Gasteiger partial charge in [-0.1, -0.05) is 36.4 Å². The Bertz CT molecular complexity index is 997. The van der Waals surface area contributed by atoms with Crippen molar-refractivity contribution >= 4 is 21.9 Å². The zero-order chi connectivity index (χ0) is 17.9. The summed E-state index contributed by atoms with van der Waals surface area (Å²) in [5.74, 6) is 0.351. The minimum absolute atomic E-state index is 0.0571. The number of urea groups is 1. The highest BCUT2D eigenvalue weighted by Gasteiger charge is 2.20. The standard InChI is InChI=1S/C17H16N4O3S/c1-13-7-5-6-10-15(13)25(23,24)20-17(22)19-16-11-12-18-21(16)14-8-3-2-4-9-14/h2-12H,1H3,(H2,19,20,22). The molecule has 0 bridgehead atoms. The van der Waals surface area contributed by atoms with E-state index in [0.717, 1.165) is 5.69 Å². The highest BCUT2D eigenvalue weighted by atomic mass is 32.2. The van der Waals surface area contributed by atoms with Crippen molar-refractivity contribution in [2.75, 3.05) is 5.32 Å². The number of carbonyl (C=O) groups is 1. The molecule has 2 N–H and O–H groups in total. The van der Waals surface area contributed by atoms with Crippen LogP contribution in [0, 0.1) is 6.92 Å². The maximum absolute atomic E-state index is 12.4. The van der Waals surface area contributed by atoms with Crippen LogP contribution in [0.5, 0.6) is 0 Å². The molecule has 1 heterocycles. The van der Waals surface area contributed by atoms with E-state index >= 15 is 0 Å². The number of sulfonamides is 1. The normalized spacial score (nSPS) is 11.1. The molecule has 0 aliphatic carbocycles. The second-order valence-electron chi connectivity index (χ2n) is 5.29. The fourth-order valence-electron chi connectivity index (χ4n) is 2.35. The predicted octanol–water partition coefficient (Wildman–Crippen LogP) is 2.69. The van der Waals surface area contributed by atoms with Crippen molar-refractivity contribution in [3.8, 4) is 5.69 Å². The van der Waals surface area contributed by atoms with Gasteiger partial charge in [-0.2, -0.15) is 5.10 Å². The molecule has 0 aliphatic heterocycles. The Balaban J connectivity index is 1.79. The van der Waals surface area contributed by atoms with Crippen LogP contribution in [0.1, 0.15) is 5.56 Å². The largest absolute Gasteiger partial charge is 0.334 e. The summed E-state index contributed by atoms with van der Waals surface area (Å²) in [5.41, 5.74) is 1.29. The summed E-state index contributed by atoms with van der Waals surface area (Å²) in [7, 11) is -3.96. The van der Waals surface area contributed by atoms with Crippen molar-refractivity contribution in [2.24, 2.45) is 0 Å². The molecule has 0 atom stereocenters. The predicted molar refractivity (Wildman–Crippen MR) is 94.1 cm³/mol. The second kappa shape index (κ2) is 6.78. The van der Waals surface area contributed by atoms with Crippen LogP contribution < -0.4 is 10.0 Å². The minimum Gasteiger partial charge on any atom is -0.291 e. The first kappa shape index (κ1) is 16.7. The van der Waals surface area contributed by atoms with Gasteiger partial charge in [0.25, 0.3) is 10.0 Å². The van der Waals surface area contributed by atoms with Gasteiger partial charge in [0.1, 0.15) is 5.82 Å². The van der Waals surface area contributed by atoms with Crippen molar-refractivity contribution in [3.63, 3.8) is 0 Å². The number of nitrogens with zero attached hydrogens (tertiary/aromatic N) is 2. The summed E-state index contributed by atoms with van der Waals surface area (Å²) in [4.78, 5) is 12.2. The summed E-state index contributed by atoms with van der Waals surface area (Å²) in [6.07, 6.45) is 1.51. The molecule has 0 aliphatic rings. The molecule has 0 saturated heterocycles. The van der Waals surface area contributed by atoms with Gasteiger partial charge in [-0.05, 0) is 30.7 Å². The van der Waals surface area contributed by atoms with E-state index in [-0.39, 0.29) is 4.90 Å². The molecular formula is C17H16N4O3S. The van der Waals surface area contributed by atoms with Gasteiger partial charge in [-0.3, -0.25) is 5.32 Å². The van der Waals surface area contributed by atoms with Gasteiger partial charge < -0.3 is 0 Å². The number of aromatic nitrogens is 2. The Morgan fingerprint density at radius 2 is 1.68 bits per heavy atom. The van der Waals surface area contributed by atoms with Crippen LogP contribution in [-0.2, 0) is 10.0 Å². The van der Waals surface area contributed by atoms with Crippen LogP contribution in [-0.4, -0.2) is 24.2 Å². The minimum atomic E-state index is -3.96. The zero-order valence-corrected chi connectivity index (χ0v) is 14.2. The van der Waals surface area contributed by atoms with Gasteiger partial charge in [-0.15, -0.1) is 0 Å². The Morgan fingerprint density at radius 1 is 1.00 bits per heavy atom. The Kier molecular flexibility index (Phi) is 4.53. The van der Waals surface area contributed by atoms with Crippen LogP contribution in [0.4, 0.5) is 10.6 Å². The molecule has 0 spiro atoms. The molecule has 128 valence electrons. The lowest BCUT2D eigenvalue weighted by Gasteiger charge is -2.11. The maximum atomic E-state index is 12.4. The summed E-state index contributed by atoms with van der Waals surface area (Å²) < 4.78 is 28.2. The molecular weight excluding hydrogens is 340 g/mol. The van der Waals surface area contributed by atoms with E-state index in [4.69, 9.17) is 0 Å². The van der Waals surface area contributed by atoms with E-state index in [0.29, 0.717) is 11.4 Å².